The Morgan fingerprint density at radius 1 is 1.00 bits per heavy atom. The summed E-state index contributed by atoms with van der Waals surface area (Å²) in [7, 11) is -2.28. The van der Waals surface area contributed by atoms with E-state index in [1.165, 1.54) is 19.5 Å². The monoisotopic (exact) mass is 315 g/mol. The zero-order valence-corrected chi connectivity index (χ0v) is 12.5. The highest BCUT2D eigenvalue weighted by Crippen LogP contribution is 2.21. The zero-order valence-electron chi connectivity index (χ0n) is 11.7. The number of hydrogen-bond acceptors (Lipinski definition) is 5. The molecule has 1 heterocycles. The van der Waals surface area contributed by atoms with Gasteiger partial charge in [-0.25, -0.2) is 18.4 Å². The van der Waals surface area contributed by atoms with Gasteiger partial charge in [0.25, 0.3) is 10.0 Å². The fourth-order valence-corrected chi connectivity index (χ4v) is 3.07. The van der Waals surface area contributed by atoms with Crippen LogP contribution in [0.2, 0.25) is 0 Å². The van der Waals surface area contributed by atoms with Crippen molar-refractivity contribution < 1.29 is 13.2 Å². The minimum Gasteiger partial charge on any atom is -0.481 e. The van der Waals surface area contributed by atoms with Crippen LogP contribution in [-0.2, 0) is 10.0 Å². The Labute approximate surface area is 127 Å². The Hall–Kier alpha value is -2.67. The molecule has 0 bridgehead atoms. The summed E-state index contributed by atoms with van der Waals surface area (Å²) in [6, 6.07) is 13.9. The molecular weight excluding hydrogens is 302 g/mol. The molecule has 1 N–H and O–H groups in total. The molecule has 0 saturated heterocycles. The van der Waals surface area contributed by atoms with Crippen molar-refractivity contribution >= 4 is 26.6 Å². The van der Waals surface area contributed by atoms with Crippen molar-refractivity contribution in [3.05, 3.63) is 54.9 Å². The second kappa shape index (κ2) is 5.61. The zero-order chi connectivity index (χ0) is 15.6. The van der Waals surface area contributed by atoms with Gasteiger partial charge in [-0.3, -0.25) is 4.72 Å². The molecule has 0 spiro atoms. The van der Waals surface area contributed by atoms with E-state index >= 15 is 0 Å². The van der Waals surface area contributed by atoms with Crippen LogP contribution in [0.4, 0.5) is 5.82 Å². The van der Waals surface area contributed by atoms with Crippen molar-refractivity contribution in [2.75, 3.05) is 11.8 Å². The first-order chi connectivity index (χ1) is 10.6. The predicted molar refractivity (Wildman–Crippen MR) is 83.3 cm³/mol. The topological polar surface area (TPSA) is 81.2 Å². The maximum absolute atomic E-state index is 12.4. The molecule has 1 aromatic heterocycles. The lowest BCUT2D eigenvalue weighted by atomic mass is 10.1. The number of ether oxygens (including phenoxy) is 1. The lowest BCUT2D eigenvalue weighted by Gasteiger charge is -2.08. The van der Waals surface area contributed by atoms with E-state index in [1.54, 1.807) is 18.2 Å². The number of nitrogens with one attached hydrogen (secondary N) is 1. The fourth-order valence-electron chi connectivity index (χ4n) is 2.04. The molecular formula is C15H13N3O3S. The van der Waals surface area contributed by atoms with E-state index in [9.17, 15) is 8.42 Å². The Kier molecular flexibility index (Phi) is 3.64. The van der Waals surface area contributed by atoms with E-state index in [0.29, 0.717) is 0 Å². The van der Waals surface area contributed by atoms with Gasteiger partial charge in [-0.2, -0.15) is 0 Å². The minimum atomic E-state index is -3.73. The number of sulfonamides is 1. The number of methoxy groups -OCH3 is 1. The number of fused-ring (bicyclic) bond motifs is 1. The number of benzene rings is 2. The summed E-state index contributed by atoms with van der Waals surface area (Å²) in [4.78, 5) is 7.88. The first-order valence-electron chi connectivity index (χ1n) is 6.46. The molecule has 0 radical (unpaired) electrons. The van der Waals surface area contributed by atoms with E-state index in [0.717, 1.165) is 10.8 Å². The van der Waals surface area contributed by atoms with Gasteiger partial charge in [-0.15, -0.1) is 0 Å². The Bertz CT molecular complexity index is 926. The van der Waals surface area contributed by atoms with Gasteiger partial charge in [0.05, 0.1) is 12.0 Å². The number of nitrogens with zero attached hydrogens (tertiary/aromatic N) is 2. The highest BCUT2D eigenvalue weighted by molar-refractivity contribution is 7.92. The molecule has 0 atom stereocenters. The standard InChI is InChI=1S/C15H13N3O3S/c1-21-15-9-14(16-10-17-15)18-22(19,20)13-7-6-11-4-2-3-5-12(11)8-13/h2-10H,1H3,(H,16,17,18). The van der Waals surface area contributed by atoms with Gasteiger partial charge in [0.1, 0.15) is 12.1 Å². The van der Waals surface area contributed by atoms with Gasteiger partial charge in [0.15, 0.2) is 0 Å². The smallest absolute Gasteiger partial charge is 0.263 e. The third-order valence-electron chi connectivity index (χ3n) is 3.12. The number of hydrogen-bond donors (Lipinski definition) is 1. The second-order valence-corrected chi connectivity index (χ2v) is 6.24. The van der Waals surface area contributed by atoms with Crippen molar-refractivity contribution in [1.82, 2.24) is 9.97 Å². The average molecular weight is 315 g/mol. The van der Waals surface area contributed by atoms with E-state index in [-0.39, 0.29) is 16.6 Å². The lowest BCUT2D eigenvalue weighted by Crippen LogP contribution is -2.14. The summed E-state index contributed by atoms with van der Waals surface area (Å²) >= 11 is 0. The largest absolute Gasteiger partial charge is 0.481 e. The van der Waals surface area contributed by atoms with Crippen molar-refractivity contribution in [3.63, 3.8) is 0 Å². The van der Waals surface area contributed by atoms with E-state index in [2.05, 4.69) is 14.7 Å². The maximum atomic E-state index is 12.4. The molecule has 6 nitrogen and oxygen atoms in total. The molecule has 0 aliphatic rings. The summed E-state index contributed by atoms with van der Waals surface area (Å²) < 4.78 is 32.2. The van der Waals surface area contributed by atoms with Crippen LogP contribution in [0.3, 0.4) is 0 Å². The van der Waals surface area contributed by atoms with E-state index in [1.807, 2.05) is 24.3 Å². The molecule has 3 rings (SSSR count). The van der Waals surface area contributed by atoms with Crippen LogP contribution < -0.4 is 9.46 Å². The molecule has 3 aromatic rings. The molecule has 2 aromatic carbocycles. The summed E-state index contributed by atoms with van der Waals surface area (Å²) in [5, 5.41) is 1.83. The quantitative estimate of drug-likeness (QED) is 0.799. The average Bonchev–Trinajstić information content (AvgIpc) is 2.54. The third-order valence-corrected chi connectivity index (χ3v) is 4.47. The molecule has 0 unspecified atom stereocenters. The first kappa shape index (κ1) is 14.3. The van der Waals surface area contributed by atoms with E-state index in [4.69, 9.17) is 4.74 Å². The Balaban J connectivity index is 1.96. The van der Waals surface area contributed by atoms with Crippen LogP contribution >= 0.6 is 0 Å². The number of anilines is 1. The van der Waals surface area contributed by atoms with Crippen molar-refractivity contribution in [2.45, 2.75) is 4.90 Å². The summed E-state index contributed by atoms with van der Waals surface area (Å²) in [5.41, 5.74) is 0. The second-order valence-electron chi connectivity index (χ2n) is 4.56. The van der Waals surface area contributed by atoms with Crippen LogP contribution in [0.15, 0.2) is 59.8 Å². The molecule has 0 aliphatic carbocycles. The molecule has 0 saturated carbocycles. The normalized spacial score (nSPS) is 11.3. The Morgan fingerprint density at radius 3 is 2.55 bits per heavy atom. The maximum Gasteiger partial charge on any atom is 0.263 e. The van der Waals surface area contributed by atoms with Gasteiger partial charge < -0.3 is 4.74 Å². The van der Waals surface area contributed by atoms with Crippen LogP contribution in [0.25, 0.3) is 10.8 Å². The van der Waals surface area contributed by atoms with Gasteiger partial charge in [-0.05, 0) is 22.9 Å². The number of aromatic nitrogens is 2. The number of rotatable bonds is 4. The highest BCUT2D eigenvalue weighted by Gasteiger charge is 2.15. The van der Waals surface area contributed by atoms with Gasteiger partial charge >= 0.3 is 0 Å². The SMILES string of the molecule is COc1cc(NS(=O)(=O)c2ccc3ccccc3c2)ncn1. The summed E-state index contributed by atoms with van der Waals surface area (Å²) in [6.07, 6.45) is 1.23. The van der Waals surface area contributed by atoms with E-state index < -0.39 is 10.0 Å². The minimum absolute atomic E-state index is 0.153. The highest BCUT2D eigenvalue weighted by atomic mass is 32.2. The van der Waals surface area contributed by atoms with Crippen molar-refractivity contribution in [1.29, 1.82) is 0 Å². The fraction of sp³-hybridized carbons (Fsp3) is 0.0667. The third kappa shape index (κ3) is 2.84. The molecule has 0 aliphatic heterocycles. The molecule has 22 heavy (non-hydrogen) atoms. The molecule has 0 amide bonds. The van der Waals surface area contributed by atoms with Crippen LogP contribution in [0.1, 0.15) is 0 Å². The molecule has 7 heteroatoms. The summed E-state index contributed by atoms with van der Waals surface area (Å²) in [6.45, 7) is 0. The van der Waals surface area contributed by atoms with Crippen LogP contribution in [0, 0.1) is 0 Å². The first-order valence-corrected chi connectivity index (χ1v) is 7.94. The van der Waals surface area contributed by atoms with Gasteiger partial charge in [0.2, 0.25) is 5.88 Å². The summed E-state index contributed by atoms with van der Waals surface area (Å²) in [5.74, 6) is 0.436. The molecule has 112 valence electrons. The Morgan fingerprint density at radius 2 is 1.77 bits per heavy atom. The molecule has 0 fully saturated rings. The lowest BCUT2D eigenvalue weighted by molar-refractivity contribution is 0.397. The van der Waals surface area contributed by atoms with Crippen LogP contribution in [0.5, 0.6) is 5.88 Å². The van der Waals surface area contributed by atoms with Crippen LogP contribution in [-0.4, -0.2) is 25.5 Å². The van der Waals surface area contributed by atoms with Gasteiger partial charge in [-0.1, -0.05) is 30.3 Å². The van der Waals surface area contributed by atoms with Gasteiger partial charge in [0, 0.05) is 6.07 Å². The van der Waals surface area contributed by atoms with Crippen molar-refractivity contribution in [2.24, 2.45) is 0 Å². The predicted octanol–water partition coefficient (Wildman–Crippen LogP) is 2.44. The van der Waals surface area contributed by atoms with Crippen molar-refractivity contribution in [3.8, 4) is 5.88 Å².